The Morgan fingerprint density at radius 1 is 0.800 bits per heavy atom. The molecule has 0 fully saturated rings. The van der Waals surface area contributed by atoms with Gasteiger partial charge in [-0.2, -0.15) is 8.42 Å². The molecule has 6 nitrogen and oxygen atoms in total. The molecule has 0 unspecified atom stereocenters. The van der Waals surface area contributed by atoms with Gasteiger partial charge in [-0.1, -0.05) is 34.8 Å². The first-order valence-corrected chi connectivity index (χ1v) is 13.6. The molecule has 0 radical (unpaired) electrons. The average Bonchev–Trinajstić information content (AvgIpc) is 2.80. The Morgan fingerprint density at radius 3 is 1.94 bits per heavy atom. The van der Waals surface area contributed by atoms with E-state index in [1.54, 1.807) is 0 Å². The van der Waals surface area contributed by atoms with E-state index in [2.05, 4.69) is 0 Å². The first-order chi connectivity index (χ1) is 16.7. The van der Waals surface area contributed by atoms with Gasteiger partial charge in [-0.25, -0.2) is 0 Å². The summed E-state index contributed by atoms with van der Waals surface area (Å²) in [4.78, 5) is 26.1. The van der Waals surface area contributed by atoms with Gasteiger partial charge in [0, 0.05) is 52.4 Å². The number of carbonyl (C=O) groups is 2. The number of ether oxygens (including phenoxy) is 1. The second kappa shape index (κ2) is 9.28. The largest absolute Gasteiger partial charge is 0.465 e. The molecule has 0 amide bonds. The zero-order chi connectivity index (χ0) is 24.9. The van der Waals surface area contributed by atoms with E-state index >= 15 is 0 Å². The number of ketones is 2. The van der Waals surface area contributed by atoms with Gasteiger partial charge in [0.05, 0.1) is 10.9 Å². The molecule has 0 bridgehead atoms. The molecule has 2 aromatic carbocycles. The Labute approximate surface area is 217 Å². The minimum absolute atomic E-state index is 0.0626. The predicted octanol–water partition coefficient (Wildman–Crippen LogP) is 6.54. The molecule has 0 saturated heterocycles. The third-order valence-corrected chi connectivity index (χ3v) is 8.27. The minimum Gasteiger partial charge on any atom is -0.465 e. The number of hydrogen-bond acceptors (Lipinski definition) is 6. The van der Waals surface area contributed by atoms with Crippen molar-refractivity contribution in [2.75, 3.05) is 0 Å². The van der Waals surface area contributed by atoms with Crippen LogP contribution in [0.1, 0.15) is 50.0 Å². The number of halogens is 3. The summed E-state index contributed by atoms with van der Waals surface area (Å²) in [6, 6.07) is 8.33. The molecule has 0 saturated carbocycles. The number of allylic oxidation sites excluding steroid dienone is 4. The van der Waals surface area contributed by atoms with Crippen molar-refractivity contribution < 1.29 is 26.9 Å². The number of benzene rings is 2. The highest BCUT2D eigenvalue weighted by Gasteiger charge is 2.43. The van der Waals surface area contributed by atoms with Crippen LogP contribution in [0.4, 0.5) is 0 Å². The van der Waals surface area contributed by atoms with Crippen LogP contribution in [0, 0.1) is 0 Å². The topological polar surface area (TPSA) is 86.7 Å². The first kappa shape index (κ1) is 24.4. The van der Waals surface area contributed by atoms with Crippen molar-refractivity contribution in [3.63, 3.8) is 0 Å². The molecule has 35 heavy (non-hydrogen) atoms. The summed E-state index contributed by atoms with van der Waals surface area (Å²) < 4.78 is 37.9. The predicted molar refractivity (Wildman–Crippen MR) is 131 cm³/mol. The van der Waals surface area contributed by atoms with Crippen molar-refractivity contribution in [3.05, 3.63) is 79.7 Å². The highest BCUT2D eigenvalue weighted by atomic mass is 35.5. The summed E-state index contributed by atoms with van der Waals surface area (Å²) in [5.41, 5.74) is 0.892. The average molecular weight is 554 g/mol. The zero-order valence-electron chi connectivity index (χ0n) is 18.3. The Bertz CT molecular complexity index is 1380. The van der Waals surface area contributed by atoms with E-state index in [1.165, 1.54) is 36.4 Å². The van der Waals surface area contributed by atoms with E-state index in [-0.39, 0.29) is 37.8 Å². The van der Waals surface area contributed by atoms with Gasteiger partial charge < -0.3 is 8.92 Å². The van der Waals surface area contributed by atoms with E-state index in [0.29, 0.717) is 66.2 Å². The minimum atomic E-state index is -4.33. The Hall–Kier alpha value is -2.32. The molecule has 3 aliphatic rings. The third kappa shape index (κ3) is 4.51. The van der Waals surface area contributed by atoms with Crippen LogP contribution in [0.25, 0.3) is 0 Å². The highest BCUT2D eigenvalue weighted by Crippen LogP contribution is 2.51. The van der Waals surface area contributed by atoms with Crippen molar-refractivity contribution in [1.29, 1.82) is 0 Å². The fourth-order valence-electron chi connectivity index (χ4n) is 4.77. The lowest BCUT2D eigenvalue weighted by Crippen LogP contribution is -2.30. The van der Waals surface area contributed by atoms with Crippen LogP contribution in [-0.2, 0) is 24.4 Å². The first-order valence-electron chi connectivity index (χ1n) is 11.0. The molecule has 0 N–H and O–H groups in total. The van der Waals surface area contributed by atoms with Gasteiger partial charge >= 0.3 is 10.1 Å². The van der Waals surface area contributed by atoms with Crippen molar-refractivity contribution in [1.82, 2.24) is 0 Å². The summed E-state index contributed by atoms with van der Waals surface area (Å²) in [5, 5.41) is 0.512. The van der Waals surface area contributed by atoms with E-state index in [0.717, 1.165) is 0 Å². The molecule has 2 aliphatic carbocycles. The fourth-order valence-corrected chi connectivity index (χ4v) is 6.46. The summed E-state index contributed by atoms with van der Waals surface area (Å²) >= 11 is 18.7. The normalized spacial score (nSPS) is 18.8. The molecule has 10 heteroatoms. The molecule has 0 aromatic heterocycles. The molecule has 5 rings (SSSR count). The molecule has 182 valence electrons. The summed E-state index contributed by atoms with van der Waals surface area (Å²) in [6.45, 7) is 0. The fraction of sp³-hybridized carbons (Fsp3) is 0.280. The molecule has 0 atom stereocenters. The lowest BCUT2D eigenvalue weighted by molar-refractivity contribution is -0.117. The van der Waals surface area contributed by atoms with E-state index in [1.807, 2.05) is 0 Å². The van der Waals surface area contributed by atoms with E-state index < -0.39 is 16.0 Å². The second-order valence-electron chi connectivity index (χ2n) is 8.56. The van der Waals surface area contributed by atoms with Crippen LogP contribution in [0.15, 0.2) is 64.0 Å². The van der Waals surface area contributed by atoms with Gasteiger partial charge in [0.1, 0.15) is 16.4 Å². The molecular weight excluding hydrogens is 535 g/mol. The Balaban J connectivity index is 1.71. The van der Waals surface area contributed by atoms with E-state index in [4.69, 9.17) is 43.7 Å². The zero-order valence-corrected chi connectivity index (χ0v) is 21.4. The standard InChI is InChI=1S/C25H19Cl3O6S/c26-13-7-9-15(10-8-13)35(31,32)34-25-16(11-14(27)12-17(25)28)22-23-18(29)3-1-5-20(23)33-21-6-2-4-19(30)24(21)22/h7-12,22H,1-6H2. The van der Waals surface area contributed by atoms with E-state index in [9.17, 15) is 18.0 Å². The number of Topliss-reactive ketones (excluding diaryl/α,β-unsaturated/α-hetero) is 2. The number of rotatable bonds is 4. The third-order valence-electron chi connectivity index (χ3n) is 6.28. The smallest absolute Gasteiger partial charge is 0.339 e. The summed E-state index contributed by atoms with van der Waals surface area (Å²) in [6.07, 6.45) is 2.93. The van der Waals surface area contributed by atoms with Crippen LogP contribution in [0.2, 0.25) is 15.1 Å². The van der Waals surface area contributed by atoms with Gasteiger partial charge in [-0.15, -0.1) is 0 Å². The summed E-state index contributed by atoms with van der Waals surface area (Å²) in [7, 11) is -4.33. The molecule has 1 heterocycles. The lowest BCUT2D eigenvalue weighted by Gasteiger charge is -2.36. The summed E-state index contributed by atoms with van der Waals surface area (Å²) in [5.74, 6) is -0.397. The van der Waals surface area contributed by atoms with Crippen LogP contribution in [-0.4, -0.2) is 20.0 Å². The molecule has 0 spiro atoms. The maximum Gasteiger partial charge on any atom is 0.339 e. The quantitative estimate of drug-likeness (QED) is 0.400. The van der Waals surface area contributed by atoms with Crippen molar-refractivity contribution in [2.24, 2.45) is 0 Å². The Morgan fingerprint density at radius 2 is 1.37 bits per heavy atom. The monoisotopic (exact) mass is 552 g/mol. The molecular formula is C25H19Cl3O6S. The van der Waals surface area contributed by atoms with Gasteiger partial charge in [-0.05, 0) is 49.2 Å². The Kier molecular flexibility index (Phi) is 6.46. The second-order valence-corrected chi connectivity index (χ2v) is 11.4. The van der Waals surface area contributed by atoms with Gasteiger partial charge in [0.2, 0.25) is 0 Å². The van der Waals surface area contributed by atoms with Crippen molar-refractivity contribution in [3.8, 4) is 5.75 Å². The molecule has 2 aromatic rings. The SMILES string of the molecule is O=C1CCCC2=C1C(c1cc(Cl)cc(Cl)c1OS(=O)(=O)c1ccc(Cl)cc1)C1=C(CCCC1=O)O2. The maximum absolute atomic E-state index is 13.1. The van der Waals surface area contributed by atoms with Gasteiger partial charge in [0.15, 0.2) is 17.3 Å². The van der Waals surface area contributed by atoms with Crippen molar-refractivity contribution >= 4 is 56.5 Å². The van der Waals surface area contributed by atoms with Crippen LogP contribution in [0.5, 0.6) is 5.75 Å². The number of carbonyl (C=O) groups excluding carboxylic acids is 2. The number of hydrogen-bond donors (Lipinski definition) is 0. The highest BCUT2D eigenvalue weighted by molar-refractivity contribution is 7.87. The van der Waals surface area contributed by atoms with Gasteiger partial charge in [0.25, 0.3) is 0 Å². The van der Waals surface area contributed by atoms with Crippen LogP contribution >= 0.6 is 34.8 Å². The van der Waals surface area contributed by atoms with Crippen molar-refractivity contribution in [2.45, 2.75) is 49.3 Å². The molecule has 1 aliphatic heterocycles. The lowest BCUT2D eigenvalue weighted by atomic mass is 9.73. The van der Waals surface area contributed by atoms with Crippen LogP contribution < -0.4 is 4.18 Å². The maximum atomic E-state index is 13.1. The van der Waals surface area contributed by atoms with Gasteiger partial charge in [-0.3, -0.25) is 9.59 Å². The van der Waals surface area contributed by atoms with Crippen LogP contribution in [0.3, 0.4) is 0 Å².